The van der Waals surface area contributed by atoms with E-state index in [-0.39, 0.29) is 10.7 Å². The van der Waals surface area contributed by atoms with E-state index in [9.17, 15) is 12.8 Å². The van der Waals surface area contributed by atoms with Crippen molar-refractivity contribution < 1.29 is 12.8 Å². The van der Waals surface area contributed by atoms with Crippen molar-refractivity contribution in [2.45, 2.75) is 4.90 Å². The first-order valence-corrected chi connectivity index (χ1v) is 6.81. The van der Waals surface area contributed by atoms with E-state index in [1.54, 1.807) is 24.3 Å². The van der Waals surface area contributed by atoms with Gasteiger partial charge in [-0.3, -0.25) is 0 Å². The van der Waals surface area contributed by atoms with Crippen LogP contribution in [0.25, 0.3) is 11.1 Å². The first kappa shape index (κ1) is 12.7. The van der Waals surface area contributed by atoms with E-state index in [0.29, 0.717) is 5.56 Å². The summed E-state index contributed by atoms with van der Waals surface area (Å²) in [5.41, 5.74) is 1.48. The first-order valence-electron chi connectivity index (χ1n) is 5.32. The lowest BCUT2D eigenvalue weighted by Crippen LogP contribution is -2.18. The van der Waals surface area contributed by atoms with Crippen LogP contribution in [-0.2, 0) is 10.0 Å². The standard InChI is InChI=1S/C13H12FNO2S/c1-15-18(16,17)13-7-5-10(6-8-13)11-3-2-4-12(14)9-11/h2-9,15H,1H3. The summed E-state index contributed by atoms with van der Waals surface area (Å²) < 4.78 is 38.4. The number of hydrogen-bond acceptors (Lipinski definition) is 2. The average molecular weight is 265 g/mol. The van der Waals surface area contributed by atoms with Crippen molar-refractivity contribution in [3.05, 3.63) is 54.3 Å². The molecule has 0 amide bonds. The van der Waals surface area contributed by atoms with Gasteiger partial charge in [-0.05, 0) is 42.4 Å². The predicted octanol–water partition coefficient (Wildman–Crippen LogP) is 2.40. The highest BCUT2D eigenvalue weighted by atomic mass is 32.2. The molecule has 2 rings (SSSR count). The summed E-state index contributed by atoms with van der Waals surface area (Å²) in [5, 5.41) is 0. The minimum Gasteiger partial charge on any atom is -0.214 e. The maximum absolute atomic E-state index is 13.1. The van der Waals surface area contributed by atoms with E-state index in [0.717, 1.165) is 5.56 Å². The molecule has 18 heavy (non-hydrogen) atoms. The van der Waals surface area contributed by atoms with Crippen LogP contribution in [0.1, 0.15) is 0 Å². The second-order valence-corrected chi connectivity index (χ2v) is 5.63. The summed E-state index contributed by atoms with van der Waals surface area (Å²) >= 11 is 0. The molecular weight excluding hydrogens is 253 g/mol. The molecule has 0 aliphatic rings. The van der Waals surface area contributed by atoms with E-state index in [1.165, 1.54) is 31.3 Å². The Morgan fingerprint density at radius 1 is 1.00 bits per heavy atom. The van der Waals surface area contributed by atoms with Crippen LogP contribution in [0.15, 0.2) is 53.4 Å². The molecule has 0 aromatic heterocycles. The number of nitrogens with one attached hydrogen (secondary N) is 1. The maximum atomic E-state index is 13.1. The Bertz CT molecular complexity index is 651. The summed E-state index contributed by atoms with van der Waals surface area (Å²) in [6.07, 6.45) is 0. The summed E-state index contributed by atoms with van der Waals surface area (Å²) in [6, 6.07) is 12.4. The number of sulfonamides is 1. The van der Waals surface area contributed by atoms with Gasteiger partial charge in [-0.2, -0.15) is 0 Å². The molecule has 0 fully saturated rings. The molecule has 0 heterocycles. The molecular formula is C13H12FNO2S. The molecule has 5 heteroatoms. The fourth-order valence-corrected chi connectivity index (χ4v) is 2.34. The zero-order chi connectivity index (χ0) is 13.2. The van der Waals surface area contributed by atoms with Gasteiger partial charge in [0.1, 0.15) is 5.82 Å². The lowest BCUT2D eigenvalue weighted by Gasteiger charge is -2.05. The highest BCUT2D eigenvalue weighted by molar-refractivity contribution is 7.89. The van der Waals surface area contributed by atoms with Crippen LogP contribution in [0.4, 0.5) is 4.39 Å². The minimum atomic E-state index is -3.43. The topological polar surface area (TPSA) is 46.2 Å². The molecule has 0 aliphatic heterocycles. The van der Waals surface area contributed by atoms with E-state index in [2.05, 4.69) is 4.72 Å². The van der Waals surface area contributed by atoms with Crippen molar-refractivity contribution in [2.24, 2.45) is 0 Å². The van der Waals surface area contributed by atoms with Crippen LogP contribution in [0.2, 0.25) is 0 Å². The number of rotatable bonds is 3. The minimum absolute atomic E-state index is 0.185. The average Bonchev–Trinajstić information content (AvgIpc) is 2.39. The van der Waals surface area contributed by atoms with Gasteiger partial charge in [0.15, 0.2) is 0 Å². The van der Waals surface area contributed by atoms with Gasteiger partial charge in [0, 0.05) is 0 Å². The quantitative estimate of drug-likeness (QED) is 0.926. The Balaban J connectivity index is 2.40. The van der Waals surface area contributed by atoms with Gasteiger partial charge in [-0.15, -0.1) is 0 Å². The fourth-order valence-electron chi connectivity index (χ4n) is 1.61. The van der Waals surface area contributed by atoms with Gasteiger partial charge in [0.25, 0.3) is 0 Å². The van der Waals surface area contributed by atoms with Crippen molar-refractivity contribution in [1.82, 2.24) is 4.72 Å². The molecule has 0 saturated heterocycles. The monoisotopic (exact) mass is 265 g/mol. The summed E-state index contributed by atoms with van der Waals surface area (Å²) in [5.74, 6) is -0.320. The number of hydrogen-bond donors (Lipinski definition) is 1. The Morgan fingerprint density at radius 3 is 2.22 bits per heavy atom. The molecule has 0 aliphatic carbocycles. The third-order valence-corrected chi connectivity index (χ3v) is 4.02. The van der Waals surface area contributed by atoms with Crippen LogP contribution in [0.5, 0.6) is 0 Å². The lowest BCUT2D eigenvalue weighted by molar-refractivity contribution is 0.588. The third kappa shape index (κ3) is 2.57. The Labute approximate surface area is 105 Å². The van der Waals surface area contributed by atoms with Gasteiger partial charge in [0.2, 0.25) is 10.0 Å². The Kier molecular flexibility index (Phi) is 3.45. The summed E-state index contributed by atoms with van der Waals surface area (Å²) in [4.78, 5) is 0.185. The normalized spacial score (nSPS) is 11.4. The fraction of sp³-hybridized carbons (Fsp3) is 0.0769. The molecule has 2 aromatic carbocycles. The van der Waals surface area contributed by atoms with Crippen LogP contribution < -0.4 is 4.72 Å². The van der Waals surface area contributed by atoms with Gasteiger partial charge in [0.05, 0.1) is 4.90 Å². The molecule has 3 nitrogen and oxygen atoms in total. The molecule has 94 valence electrons. The molecule has 0 bridgehead atoms. The number of halogens is 1. The SMILES string of the molecule is CNS(=O)(=O)c1ccc(-c2cccc(F)c2)cc1. The molecule has 0 unspecified atom stereocenters. The predicted molar refractivity (Wildman–Crippen MR) is 68.1 cm³/mol. The second kappa shape index (κ2) is 4.88. The molecule has 0 spiro atoms. The van der Waals surface area contributed by atoms with Crippen molar-refractivity contribution in [2.75, 3.05) is 7.05 Å². The van der Waals surface area contributed by atoms with E-state index < -0.39 is 10.0 Å². The zero-order valence-electron chi connectivity index (χ0n) is 9.72. The van der Waals surface area contributed by atoms with E-state index >= 15 is 0 Å². The molecule has 1 N–H and O–H groups in total. The van der Waals surface area contributed by atoms with Gasteiger partial charge in [-0.1, -0.05) is 24.3 Å². The Morgan fingerprint density at radius 2 is 1.67 bits per heavy atom. The largest absolute Gasteiger partial charge is 0.240 e. The van der Waals surface area contributed by atoms with Gasteiger partial charge < -0.3 is 0 Å². The Hall–Kier alpha value is -1.72. The summed E-state index contributed by atoms with van der Waals surface area (Å²) in [7, 11) is -2.07. The first-order chi connectivity index (χ1) is 8.53. The molecule has 0 radical (unpaired) electrons. The zero-order valence-corrected chi connectivity index (χ0v) is 10.5. The van der Waals surface area contributed by atoms with Crippen molar-refractivity contribution in [1.29, 1.82) is 0 Å². The van der Waals surface area contributed by atoms with Gasteiger partial charge >= 0.3 is 0 Å². The van der Waals surface area contributed by atoms with Crippen LogP contribution in [0.3, 0.4) is 0 Å². The summed E-state index contributed by atoms with van der Waals surface area (Å²) in [6.45, 7) is 0. The van der Waals surface area contributed by atoms with Crippen LogP contribution >= 0.6 is 0 Å². The smallest absolute Gasteiger partial charge is 0.214 e. The van der Waals surface area contributed by atoms with E-state index in [1.807, 2.05) is 0 Å². The highest BCUT2D eigenvalue weighted by Gasteiger charge is 2.10. The van der Waals surface area contributed by atoms with Crippen molar-refractivity contribution in [3.8, 4) is 11.1 Å². The lowest BCUT2D eigenvalue weighted by atomic mass is 10.1. The molecule has 0 saturated carbocycles. The van der Waals surface area contributed by atoms with Crippen molar-refractivity contribution in [3.63, 3.8) is 0 Å². The van der Waals surface area contributed by atoms with Crippen molar-refractivity contribution >= 4 is 10.0 Å². The highest BCUT2D eigenvalue weighted by Crippen LogP contribution is 2.21. The van der Waals surface area contributed by atoms with Crippen LogP contribution in [-0.4, -0.2) is 15.5 Å². The number of benzene rings is 2. The third-order valence-electron chi connectivity index (χ3n) is 2.59. The maximum Gasteiger partial charge on any atom is 0.240 e. The molecule has 2 aromatic rings. The second-order valence-electron chi connectivity index (χ2n) is 3.74. The van der Waals surface area contributed by atoms with Gasteiger partial charge in [-0.25, -0.2) is 17.5 Å². The van der Waals surface area contributed by atoms with E-state index in [4.69, 9.17) is 0 Å². The molecule has 0 atom stereocenters. The van der Waals surface area contributed by atoms with Crippen LogP contribution in [0, 0.1) is 5.82 Å².